The summed E-state index contributed by atoms with van der Waals surface area (Å²) in [6.45, 7) is 9.27. The van der Waals surface area contributed by atoms with Crippen molar-refractivity contribution in [2.45, 2.75) is 50.2 Å². The molecule has 1 aliphatic heterocycles. The topological polar surface area (TPSA) is 131 Å². The van der Waals surface area contributed by atoms with Crippen LogP contribution in [0, 0.1) is 11.7 Å². The quantitative estimate of drug-likeness (QED) is 0.144. The fraction of sp³-hybridized carbons (Fsp3) is 0.387. The van der Waals surface area contributed by atoms with E-state index in [4.69, 9.17) is 18.9 Å². The summed E-state index contributed by atoms with van der Waals surface area (Å²) in [6.07, 6.45) is 4.18. The van der Waals surface area contributed by atoms with Crippen molar-refractivity contribution in [1.29, 1.82) is 0 Å². The number of halogens is 1. The molecule has 1 N–H and O–H groups in total. The van der Waals surface area contributed by atoms with E-state index in [1.165, 1.54) is 6.07 Å². The van der Waals surface area contributed by atoms with Crippen LogP contribution in [0.1, 0.15) is 23.2 Å². The third-order valence-electron chi connectivity index (χ3n) is 7.33. The van der Waals surface area contributed by atoms with Gasteiger partial charge < -0.3 is 18.9 Å². The highest BCUT2D eigenvalue weighted by Crippen LogP contribution is 2.32. The van der Waals surface area contributed by atoms with Gasteiger partial charge in [-0.05, 0) is 49.1 Å². The normalized spacial score (nSPS) is 14.4. The molecule has 0 unspecified atom stereocenters. The zero-order chi connectivity index (χ0) is 32.0. The molecule has 2 aromatic carbocycles. The Morgan fingerprint density at radius 2 is 1.84 bits per heavy atom. The largest absolute Gasteiger partial charge is 0.475 e. The highest BCUT2D eigenvalue weighted by atomic mass is 32.2. The van der Waals surface area contributed by atoms with Crippen LogP contribution in [0.5, 0.6) is 17.4 Å². The van der Waals surface area contributed by atoms with Crippen molar-refractivity contribution in [3.05, 3.63) is 72.3 Å². The van der Waals surface area contributed by atoms with Crippen LogP contribution in [-0.2, 0) is 26.2 Å². The van der Waals surface area contributed by atoms with Gasteiger partial charge in [0.05, 0.1) is 35.5 Å². The van der Waals surface area contributed by atoms with Crippen LogP contribution in [0.15, 0.2) is 65.8 Å². The number of amides is 1. The number of nitrogens with one attached hydrogen (secondary N) is 1. The number of pyridine rings is 1. The van der Waals surface area contributed by atoms with Gasteiger partial charge in [0.1, 0.15) is 23.1 Å². The Hall–Kier alpha value is -3.85. The molecular weight excluding hydrogens is 620 g/mol. The van der Waals surface area contributed by atoms with Gasteiger partial charge in [-0.15, -0.1) is 0 Å². The SMILES string of the molecule is C[Si](C)(C)CCOCn1ncc2c(Oc3ccccc3C(=O)NS(=O)(=O)c3cnc(OCC4CCOCC4)c(F)c3)cccc21. The Morgan fingerprint density at radius 1 is 1.09 bits per heavy atom. The van der Waals surface area contributed by atoms with Crippen LogP contribution >= 0.6 is 0 Å². The number of carbonyl (C=O) groups excluding carboxylic acids is 1. The molecule has 1 saturated heterocycles. The summed E-state index contributed by atoms with van der Waals surface area (Å²) in [5, 5.41) is 5.12. The molecule has 2 aromatic heterocycles. The highest BCUT2D eigenvalue weighted by Gasteiger charge is 2.24. The molecule has 3 heterocycles. The lowest BCUT2D eigenvalue weighted by Crippen LogP contribution is -2.31. The van der Waals surface area contributed by atoms with Gasteiger partial charge >= 0.3 is 0 Å². The van der Waals surface area contributed by atoms with Gasteiger partial charge in [-0.3, -0.25) is 4.79 Å². The van der Waals surface area contributed by atoms with E-state index in [1.807, 2.05) is 10.8 Å². The standard InChI is InChI=1S/C31H37FN4O7SSi/c1-45(2,3)16-15-41-21-36-27-8-6-10-29(25(27)19-34-36)43-28-9-5-4-7-24(28)30(37)35-44(38,39)23-17-26(32)31(33-18-23)42-20-22-11-13-40-14-12-22/h4-10,17-19,22H,11-16,20-21H2,1-3H3,(H,35,37). The molecular formula is C31H37FN4O7SSi. The van der Waals surface area contributed by atoms with E-state index < -0.39 is 34.7 Å². The van der Waals surface area contributed by atoms with Crippen LogP contribution in [0.2, 0.25) is 25.7 Å². The lowest BCUT2D eigenvalue weighted by atomic mass is 10.0. The predicted molar refractivity (Wildman–Crippen MR) is 168 cm³/mol. The number of hydrogen-bond donors (Lipinski definition) is 1. The fourth-order valence-corrected chi connectivity index (χ4v) is 6.35. The zero-order valence-corrected chi connectivity index (χ0v) is 27.3. The molecule has 0 radical (unpaired) electrons. The fourth-order valence-electron chi connectivity index (χ4n) is 4.67. The molecule has 5 rings (SSSR count). The molecule has 45 heavy (non-hydrogen) atoms. The van der Waals surface area contributed by atoms with Gasteiger partial charge in [-0.2, -0.15) is 5.10 Å². The zero-order valence-electron chi connectivity index (χ0n) is 25.5. The molecule has 0 atom stereocenters. The van der Waals surface area contributed by atoms with Crippen LogP contribution in [0.4, 0.5) is 4.39 Å². The number of ether oxygens (including phenoxy) is 4. The number of aromatic nitrogens is 3. The van der Waals surface area contributed by atoms with Crippen molar-refractivity contribution < 1.29 is 36.6 Å². The van der Waals surface area contributed by atoms with E-state index in [-0.39, 0.29) is 36.4 Å². The molecule has 240 valence electrons. The second-order valence-electron chi connectivity index (χ2n) is 12.0. The minimum Gasteiger partial charge on any atom is -0.475 e. The maximum Gasteiger partial charge on any atom is 0.268 e. The van der Waals surface area contributed by atoms with Crippen molar-refractivity contribution in [2.24, 2.45) is 5.92 Å². The maximum atomic E-state index is 14.7. The first-order valence-electron chi connectivity index (χ1n) is 14.7. The van der Waals surface area contributed by atoms with Gasteiger partial charge in [0, 0.05) is 34.0 Å². The first kappa shape index (κ1) is 32.5. The molecule has 14 heteroatoms. The summed E-state index contributed by atoms with van der Waals surface area (Å²) in [7, 11) is -5.70. The molecule has 0 aliphatic carbocycles. The van der Waals surface area contributed by atoms with Gasteiger partial charge in [0.2, 0.25) is 5.88 Å². The summed E-state index contributed by atoms with van der Waals surface area (Å²) in [5.74, 6) is -1.46. The number of nitrogens with zero attached hydrogens (tertiary/aromatic N) is 3. The van der Waals surface area contributed by atoms with E-state index in [0.717, 1.165) is 36.7 Å². The molecule has 0 bridgehead atoms. The lowest BCUT2D eigenvalue weighted by Gasteiger charge is -2.21. The summed E-state index contributed by atoms with van der Waals surface area (Å²) >= 11 is 0. The molecule has 1 aliphatic rings. The van der Waals surface area contributed by atoms with E-state index in [9.17, 15) is 17.6 Å². The average Bonchev–Trinajstić information content (AvgIpc) is 3.43. The van der Waals surface area contributed by atoms with Gasteiger partial charge in [0.15, 0.2) is 5.82 Å². The van der Waals surface area contributed by atoms with Crippen molar-refractivity contribution >= 4 is 34.9 Å². The van der Waals surface area contributed by atoms with Crippen LogP contribution in [-0.4, -0.2) is 63.6 Å². The number of rotatable bonds is 13. The minimum absolute atomic E-state index is 0.0370. The summed E-state index contributed by atoms with van der Waals surface area (Å²) in [5.41, 5.74) is 0.740. The summed E-state index contributed by atoms with van der Waals surface area (Å²) < 4.78 is 67.3. The first-order valence-corrected chi connectivity index (χ1v) is 19.9. The van der Waals surface area contributed by atoms with Crippen LogP contribution < -0.4 is 14.2 Å². The van der Waals surface area contributed by atoms with Crippen molar-refractivity contribution in [3.63, 3.8) is 0 Å². The van der Waals surface area contributed by atoms with E-state index in [0.29, 0.717) is 31.0 Å². The number of carbonyl (C=O) groups is 1. The van der Waals surface area contributed by atoms with Crippen molar-refractivity contribution in [2.75, 3.05) is 26.4 Å². The van der Waals surface area contributed by atoms with Crippen LogP contribution in [0.3, 0.4) is 0 Å². The Kier molecular flexibility index (Phi) is 10.2. The number of para-hydroxylation sites is 1. The molecule has 0 saturated carbocycles. The van der Waals surface area contributed by atoms with Crippen molar-refractivity contribution in [3.8, 4) is 17.4 Å². The summed E-state index contributed by atoms with van der Waals surface area (Å²) in [4.78, 5) is 16.5. The second kappa shape index (κ2) is 14.1. The average molecular weight is 657 g/mol. The highest BCUT2D eigenvalue weighted by molar-refractivity contribution is 7.90. The van der Waals surface area contributed by atoms with Gasteiger partial charge in [-0.1, -0.05) is 37.8 Å². The Bertz CT molecular complexity index is 1750. The third kappa shape index (κ3) is 8.45. The maximum absolute atomic E-state index is 14.7. The van der Waals surface area contributed by atoms with Gasteiger partial charge in [-0.25, -0.2) is 27.2 Å². The lowest BCUT2D eigenvalue weighted by molar-refractivity contribution is 0.0483. The molecule has 1 amide bonds. The Labute approximate surface area is 262 Å². The Balaban J connectivity index is 1.27. The Morgan fingerprint density at radius 3 is 2.60 bits per heavy atom. The predicted octanol–water partition coefficient (Wildman–Crippen LogP) is 5.60. The molecule has 11 nitrogen and oxygen atoms in total. The monoisotopic (exact) mass is 656 g/mol. The number of benzene rings is 2. The molecule has 0 spiro atoms. The number of hydrogen-bond acceptors (Lipinski definition) is 9. The number of sulfonamides is 1. The first-order chi connectivity index (χ1) is 21.5. The van der Waals surface area contributed by atoms with E-state index >= 15 is 0 Å². The van der Waals surface area contributed by atoms with Crippen molar-refractivity contribution in [1.82, 2.24) is 19.5 Å². The molecule has 1 fully saturated rings. The number of fused-ring (bicyclic) bond motifs is 1. The minimum atomic E-state index is -4.48. The molecule has 4 aromatic rings. The third-order valence-corrected chi connectivity index (χ3v) is 10.3. The smallest absolute Gasteiger partial charge is 0.268 e. The van der Waals surface area contributed by atoms with E-state index in [2.05, 4.69) is 29.7 Å². The second-order valence-corrected chi connectivity index (χ2v) is 19.3. The van der Waals surface area contributed by atoms with Gasteiger partial charge in [0.25, 0.3) is 15.9 Å². The summed E-state index contributed by atoms with van der Waals surface area (Å²) in [6, 6.07) is 13.4. The van der Waals surface area contributed by atoms with Crippen LogP contribution in [0.25, 0.3) is 10.9 Å². The van der Waals surface area contributed by atoms with E-state index in [1.54, 1.807) is 41.2 Å².